The Bertz CT molecular complexity index is 447. The molecule has 0 aromatic carbocycles. The zero-order valence-corrected chi connectivity index (χ0v) is 9.89. The Morgan fingerprint density at radius 2 is 2.53 bits per heavy atom. The summed E-state index contributed by atoms with van der Waals surface area (Å²) in [5.74, 6) is 0.535. The molecule has 1 aliphatic rings. The lowest BCUT2D eigenvalue weighted by atomic mass is 10.2. The number of hydrogen-bond acceptors (Lipinski definition) is 5. The van der Waals surface area contributed by atoms with Crippen molar-refractivity contribution in [1.82, 2.24) is 4.98 Å². The van der Waals surface area contributed by atoms with Crippen molar-refractivity contribution in [3.63, 3.8) is 0 Å². The number of morpholine rings is 1. The van der Waals surface area contributed by atoms with Crippen LogP contribution < -0.4 is 4.90 Å². The van der Waals surface area contributed by atoms with Crippen LogP contribution in [0.15, 0.2) is 12.3 Å². The van der Waals surface area contributed by atoms with Gasteiger partial charge < -0.3 is 14.7 Å². The van der Waals surface area contributed by atoms with E-state index in [1.54, 1.807) is 12.3 Å². The maximum atomic E-state index is 9.28. The summed E-state index contributed by atoms with van der Waals surface area (Å²) in [6.45, 7) is 1.57. The highest BCUT2D eigenvalue weighted by atomic mass is 35.5. The van der Waals surface area contributed by atoms with E-state index in [1.807, 2.05) is 11.0 Å². The summed E-state index contributed by atoms with van der Waals surface area (Å²) in [7, 11) is 0. The van der Waals surface area contributed by atoms with E-state index in [-0.39, 0.29) is 12.6 Å². The van der Waals surface area contributed by atoms with Crippen LogP contribution in [-0.4, -0.2) is 42.5 Å². The van der Waals surface area contributed by atoms with E-state index in [2.05, 4.69) is 4.98 Å². The Labute approximate surface area is 104 Å². The van der Waals surface area contributed by atoms with Gasteiger partial charge in [0.25, 0.3) is 0 Å². The number of nitriles is 1. The van der Waals surface area contributed by atoms with Gasteiger partial charge in [-0.25, -0.2) is 4.98 Å². The number of aliphatic hydroxyl groups is 1. The first kappa shape index (κ1) is 12.1. The molecule has 0 aliphatic carbocycles. The third-order valence-corrected chi connectivity index (χ3v) is 3.07. The predicted octanol–water partition coefficient (Wildman–Crippen LogP) is 0.804. The number of pyridine rings is 1. The Balaban J connectivity index is 2.35. The smallest absolute Gasteiger partial charge is 0.149 e. The Hall–Kier alpha value is -1.35. The maximum Gasteiger partial charge on any atom is 0.149 e. The molecule has 1 atom stereocenters. The minimum Gasteiger partial charge on any atom is -0.394 e. The second-order valence-corrected chi connectivity index (χ2v) is 4.09. The van der Waals surface area contributed by atoms with E-state index >= 15 is 0 Å². The van der Waals surface area contributed by atoms with Crippen molar-refractivity contribution >= 4 is 17.4 Å². The van der Waals surface area contributed by atoms with Crippen molar-refractivity contribution in [3.8, 4) is 6.07 Å². The lowest BCUT2D eigenvalue weighted by Gasteiger charge is -2.35. The Kier molecular flexibility index (Phi) is 3.79. The van der Waals surface area contributed by atoms with E-state index < -0.39 is 0 Å². The third kappa shape index (κ3) is 2.34. The zero-order chi connectivity index (χ0) is 12.3. The van der Waals surface area contributed by atoms with Gasteiger partial charge in [0, 0.05) is 12.7 Å². The fourth-order valence-electron chi connectivity index (χ4n) is 1.80. The van der Waals surface area contributed by atoms with E-state index in [9.17, 15) is 5.11 Å². The molecule has 1 unspecified atom stereocenters. The van der Waals surface area contributed by atoms with Crippen LogP contribution in [0.1, 0.15) is 5.56 Å². The summed E-state index contributed by atoms with van der Waals surface area (Å²) in [6.07, 6.45) is 1.55. The normalized spacial score (nSPS) is 20.1. The molecule has 90 valence electrons. The summed E-state index contributed by atoms with van der Waals surface area (Å²) in [5.41, 5.74) is 0.389. The average Bonchev–Trinajstić information content (AvgIpc) is 2.39. The van der Waals surface area contributed by atoms with Gasteiger partial charge in [-0.2, -0.15) is 5.26 Å². The molecule has 1 aromatic heterocycles. The molecule has 1 saturated heterocycles. The van der Waals surface area contributed by atoms with Gasteiger partial charge in [0.05, 0.1) is 31.4 Å². The molecule has 1 N–H and O–H groups in total. The first-order valence-corrected chi connectivity index (χ1v) is 5.65. The third-order valence-electron chi connectivity index (χ3n) is 2.70. The van der Waals surface area contributed by atoms with E-state index in [0.29, 0.717) is 36.2 Å². The van der Waals surface area contributed by atoms with Crippen LogP contribution in [0.2, 0.25) is 5.02 Å². The van der Waals surface area contributed by atoms with E-state index in [1.165, 1.54) is 0 Å². The van der Waals surface area contributed by atoms with Crippen LogP contribution in [-0.2, 0) is 4.74 Å². The van der Waals surface area contributed by atoms with Crippen LogP contribution in [0.5, 0.6) is 0 Å². The van der Waals surface area contributed by atoms with Gasteiger partial charge in [-0.1, -0.05) is 11.6 Å². The van der Waals surface area contributed by atoms with Crippen molar-refractivity contribution in [3.05, 3.63) is 22.8 Å². The Morgan fingerprint density at radius 1 is 1.71 bits per heavy atom. The molecule has 5 nitrogen and oxygen atoms in total. The molecule has 0 amide bonds. The quantitative estimate of drug-likeness (QED) is 0.845. The molecule has 2 heterocycles. The first-order chi connectivity index (χ1) is 8.27. The molecule has 6 heteroatoms. The molecular weight excluding hydrogens is 242 g/mol. The topological polar surface area (TPSA) is 69.4 Å². The maximum absolute atomic E-state index is 9.28. The van der Waals surface area contributed by atoms with Crippen LogP contribution in [0.4, 0.5) is 5.82 Å². The van der Waals surface area contributed by atoms with Gasteiger partial charge in [0.1, 0.15) is 16.9 Å². The van der Waals surface area contributed by atoms with Crippen LogP contribution in [0.3, 0.4) is 0 Å². The summed E-state index contributed by atoms with van der Waals surface area (Å²) < 4.78 is 5.28. The SMILES string of the molecule is N#Cc1ccnc(N2CCOCC2CO)c1Cl. The number of nitrogens with zero attached hydrogens (tertiary/aromatic N) is 3. The van der Waals surface area contributed by atoms with Crippen molar-refractivity contribution in [2.24, 2.45) is 0 Å². The summed E-state index contributed by atoms with van der Waals surface area (Å²) >= 11 is 6.12. The highest BCUT2D eigenvalue weighted by Crippen LogP contribution is 2.28. The fraction of sp³-hybridized carbons (Fsp3) is 0.455. The van der Waals surface area contributed by atoms with E-state index in [4.69, 9.17) is 21.6 Å². The van der Waals surface area contributed by atoms with Crippen LogP contribution in [0.25, 0.3) is 0 Å². The summed E-state index contributed by atoms with van der Waals surface area (Å²) in [6, 6.07) is 3.42. The van der Waals surface area contributed by atoms with Crippen LogP contribution >= 0.6 is 11.6 Å². The van der Waals surface area contributed by atoms with Gasteiger partial charge in [-0.3, -0.25) is 0 Å². The van der Waals surface area contributed by atoms with Crippen molar-refractivity contribution in [2.45, 2.75) is 6.04 Å². The van der Waals surface area contributed by atoms with Gasteiger partial charge in [-0.15, -0.1) is 0 Å². The van der Waals surface area contributed by atoms with Crippen molar-refractivity contribution in [2.75, 3.05) is 31.3 Å². The second kappa shape index (κ2) is 5.32. The highest BCUT2D eigenvalue weighted by molar-refractivity contribution is 6.34. The molecule has 1 aromatic rings. The standard InChI is InChI=1S/C11H12ClN3O2/c12-10-8(5-13)1-2-14-11(10)15-3-4-17-7-9(15)6-16/h1-2,9,16H,3-4,6-7H2. The second-order valence-electron chi connectivity index (χ2n) is 3.71. The zero-order valence-electron chi connectivity index (χ0n) is 9.14. The fourth-order valence-corrected chi connectivity index (χ4v) is 2.07. The molecule has 0 bridgehead atoms. The number of halogens is 1. The molecule has 1 aliphatic heterocycles. The predicted molar refractivity (Wildman–Crippen MR) is 63.0 cm³/mol. The minimum absolute atomic E-state index is 0.0329. The number of hydrogen-bond donors (Lipinski definition) is 1. The van der Waals surface area contributed by atoms with Crippen LogP contribution in [0, 0.1) is 11.3 Å². The Morgan fingerprint density at radius 3 is 3.24 bits per heavy atom. The van der Waals surface area contributed by atoms with Gasteiger partial charge >= 0.3 is 0 Å². The molecule has 0 spiro atoms. The van der Waals surface area contributed by atoms with Gasteiger partial charge in [0.2, 0.25) is 0 Å². The number of aromatic nitrogens is 1. The molecule has 1 fully saturated rings. The average molecular weight is 254 g/mol. The van der Waals surface area contributed by atoms with Crippen molar-refractivity contribution < 1.29 is 9.84 Å². The largest absolute Gasteiger partial charge is 0.394 e. The van der Waals surface area contributed by atoms with Gasteiger partial charge in [-0.05, 0) is 6.07 Å². The van der Waals surface area contributed by atoms with Crippen molar-refractivity contribution in [1.29, 1.82) is 5.26 Å². The molecule has 2 rings (SSSR count). The van der Waals surface area contributed by atoms with Gasteiger partial charge in [0.15, 0.2) is 0 Å². The molecule has 0 radical (unpaired) electrons. The molecule has 0 saturated carbocycles. The highest BCUT2D eigenvalue weighted by Gasteiger charge is 2.25. The summed E-state index contributed by atoms with van der Waals surface area (Å²) in [4.78, 5) is 6.07. The minimum atomic E-state index is -0.164. The first-order valence-electron chi connectivity index (χ1n) is 5.27. The molecular formula is C11H12ClN3O2. The monoisotopic (exact) mass is 253 g/mol. The van der Waals surface area contributed by atoms with E-state index in [0.717, 1.165) is 0 Å². The number of rotatable bonds is 2. The lowest BCUT2D eigenvalue weighted by molar-refractivity contribution is 0.0723. The lowest BCUT2D eigenvalue weighted by Crippen LogP contribution is -2.48. The number of ether oxygens (including phenoxy) is 1. The molecule has 17 heavy (non-hydrogen) atoms. The number of anilines is 1. The summed E-state index contributed by atoms with van der Waals surface area (Å²) in [5, 5.41) is 18.5. The number of aliphatic hydroxyl groups excluding tert-OH is 1.